The van der Waals surface area contributed by atoms with Crippen molar-refractivity contribution in [2.45, 2.75) is 24.7 Å². The summed E-state index contributed by atoms with van der Waals surface area (Å²) in [7, 11) is 0. The van der Waals surface area contributed by atoms with Crippen molar-refractivity contribution in [2.75, 3.05) is 4.90 Å². The zero-order valence-corrected chi connectivity index (χ0v) is 28.7. The average Bonchev–Trinajstić information content (AvgIpc) is 3.58. The largest absolute Gasteiger partial charge is 0.456 e. The Balaban J connectivity index is 1.18. The molecule has 2 aliphatic carbocycles. The molecular formula is C49H36N2O. The third-order valence-corrected chi connectivity index (χ3v) is 10.8. The van der Waals surface area contributed by atoms with Crippen molar-refractivity contribution in [3.05, 3.63) is 199 Å². The fraction of sp³-hybridized carbons (Fsp3) is 0.0816. The number of hydrogen-bond donors (Lipinski definition) is 0. The first-order chi connectivity index (χ1) is 25.8. The Morgan fingerprint density at radius 2 is 1.35 bits per heavy atom. The molecule has 0 N–H and O–H groups in total. The monoisotopic (exact) mass is 668 g/mol. The van der Waals surface area contributed by atoms with Crippen LogP contribution in [-0.2, 0) is 0 Å². The van der Waals surface area contributed by atoms with Crippen LogP contribution >= 0.6 is 0 Å². The topological polar surface area (TPSA) is 29.3 Å². The summed E-state index contributed by atoms with van der Waals surface area (Å²) in [5, 5.41) is 7.07. The van der Waals surface area contributed by atoms with Gasteiger partial charge in [-0.05, 0) is 82.1 Å². The van der Waals surface area contributed by atoms with Crippen LogP contribution in [0.5, 0.6) is 0 Å². The minimum absolute atomic E-state index is 0.206. The lowest BCUT2D eigenvalue weighted by Gasteiger charge is -2.32. The first-order valence-corrected chi connectivity index (χ1v) is 18.2. The minimum atomic E-state index is 0.206. The Kier molecular flexibility index (Phi) is 7.42. The number of furan rings is 1. The van der Waals surface area contributed by atoms with E-state index in [1.54, 1.807) is 6.20 Å². The molecule has 6 aromatic carbocycles. The highest BCUT2D eigenvalue weighted by atomic mass is 16.3. The van der Waals surface area contributed by atoms with Crippen LogP contribution in [-0.4, -0.2) is 4.98 Å². The molecule has 2 aromatic heterocycles. The van der Waals surface area contributed by atoms with Crippen LogP contribution in [0.4, 0.5) is 11.4 Å². The van der Waals surface area contributed by atoms with Gasteiger partial charge in [0.1, 0.15) is 11.2 Å². The zero-order valence-electron chi connectivity index (χ0n) is 28.7. The van der Waals surface area contributed by atoms with E-state index in [9.17, 15) is 0 Å². The maximum atomic E-state index is 6.30. The Morgan fingerprint density at radius 1 is 0.577 bits per heavy atom. The highest BCUT2D eigenvalue weighted by Crippen LogP contribution is 2.45. The Morgan fingerprint density at radius 3 is 2.19 bits per heavy atom. The normalized spacial score (nSPS) is 17.0. The van der Waals surface area contributed by atoms with Crippen LogP contribution in [0.1, 0.15) is 35.8 Å². The molecule has 3 heteroatoms. The third-order valence-electron chi connectivity index (χ3n) is 10.8. The van der Waals surface area contributed by atoms with Crippen LogP contribution in [0.25, 0.3) is 54.6 Å². The lowest BCUT2D eigenvalue weighted by Crippen LogP contribution is -2.19. The molecule has 0 radical (unpaired) electrons. The smallest absolute Gasteiger partial charge is 0.138 e. The van der Waals surface area contributed by atoms with Crippen LogP contribution in [0, 0.1) is 0 Å². The van der Waals surface area contributed by atoms with Crippen molar-refractivity contribution in [1.82, 2.24) is 4.98 Å². The Hall–Kier alpha value is -6.45. The Labute approximate surface area is 303 Å². The molecular weight excluding hydrogens is 633 g/mol. The molecule has 52 heavy (non-hydrogen) atoms. The number of nitrogens with zero attached hydrogens (tertiary/aromatic N) is 2. The number of hydrogen-bond acceptors (Lipinski definition) is 3. The summed E-state index contributed by atoms with van der Waals surface area (Å²) in [5.74, 6) is 0.602. The van der Waals surface area contributed by atoms with E-state index in [2.05, 4.69) is 174 Å². The second-order valence-electron chi connectivity index (χ2n) is 13.8. The molecule has 0 saturated carbocycles. The van der Waals surface area contributed by atoms with Gasteiger partial charge >= 0.3 is 0 Å². The van der Waals surface area contributed by atoms with Gasteiger partial charge in [0, 0.05) is 51.6 Å². The molecule has 0 fully saturated rings. The van der Waals surface area contributed by atoms with Gasteiger partial charge in [-0.15, -0.1) is 0 Å². The van der Waals surface area contributed by atoms with E-state index >= 15 is 0 Å². The molecule has 0 spiro atoms. The number of para-hydroxylation sites is 1. The summed E-state index contributed by atoms with van der Waals surface area (Å²) in [6.07, 6.45) is 21.8. The predicted octanol–water partition coefficient (Wildman–Crippen LogP) is 13.3. The summed E-state index contributed by atoms with van der Waals surface area (Å²) in [6, 6.07) is 46.3. The number of benzene rings is 6. The fourth-order valence-corrected chi connectivity index (χ4v) is 8.34. The van der Waals surface area contributed by atoms with E-state index in [1.807, 2.05) is 12.3 Å². The Bertz CT molecular complexity index is 2760. The molecule has 0 saturated heterocycles. The molecule has 2 heterocycles. The molecule has 2 aliphatic rings. The van der Waals surface area contributed by atoms with Crippen LogP contribution < -0.4 is 4.90 Å². The first-order valence-electron chi connectivity index (χ1n) is 18.2. The van der Waals surface area contributed by atoms with Crippen LogP contribution in [0.3, 0.4) is 0 Å². The van der Waals surface area contributed by atoms with Crippen LogP contribution in [0.2, 0.25) is 0 Å². The standard InChI is InChI=1S/C49H36N2O/c1-3-13-33(14-4-1)38-25-26-39(42-22-8-7-21-41(38)42)35-17-11-19-37(29-35)51(46-23-10-9-20-40(46)34-15-5-2-6-16-34)47-24-12-18-36-30-49-44(31-43(36)47)45-32-50-28-27-48(45)52-49/h1-13,15-16,18-33,35H,14,17H2. The predicted molar refractivity (Wildman–Crippen MR) is 217 cm³/mol. The molecule has 0 amide bonds. The third kappa shape index (κ3) is 5.17. The van der Waals surface area contributed by atoms with Crippen molar-refractivity contribution < 1.29 is 4.42 Å². The zero-order chi connectivity index (χ0) is 34.4. The van der Waals surface area contributed by atoms with Gasteiger partial charge in [-0.1, -0.05) is 134 Å². The summed E-state index contributed by atoms with van der Waals surface area (Å²) in [4.78, 5) is 6.90. The summed E-state index contributed by atoms with van der Waals surface area (Å²) in [6.45, 7) is 0. The number of anilines is 2. The summed E-state index contributed by atoms with van der Waals surface area (Å²) < 4.78 is 6.30. The van der Waals surface area contributed by atoms with Gasteiger partial charge < -0.3 is 9.32 Å². The van der Waals surface area contributed by atoms with Gasteiger partial charge in [0.2, 0.25) is 0 Å². The molecule has 0 bridgehead atoms. The highest BCUT2D eigenvalue weighted by molar-refractivity contribution is 6.13. The van der Waals surface area contributed by atoms with Gasteiger partial charge in [-0.25, -0.2) is 0 Å². The number of fused-ring (bicyclic) bond motifs is 5. The van der Waals surface area contributed by atoms with Crippen molar-refractivity contribution in [3.63, 3.8) is 0 Å². The van der Waals surface area contributed by atoms with E-state index < -0.39 is 0 Å². The van der Waals surface area contributed by atoms with E-state index in [0.29, 0.717) is 5.92 Å². The molecule has 2 atom stereocenters. The number of rotatable bonds is 6. The van der Waals surface area contributed by atoms with Crippen molar-refractivity contribution in [2.24, 2.45) is 0 Å². The molecule has 8 aromatic rings. The molecule has 2 unspecified atom stereocenters. The molecule has 0 aliphatic heterocycles. The number of pyridine rings is 1. The van der Waals surface area contributed by atoms with E-state index in [1.165, 1.54) is 33.0 Å². The first kappa shape index (κ1) is 30.4. The van der Waals surface area contributed by atoms with Crippen molar-refractivity contribution in [3.8, 4) is 11.1 Å². The second kappa shape index (κ2) is 12.7. The summed E-state index contributed by atoms with van der Waals surface area (Å²) >= 11 is 0. The van der Waals surface area contributed by atoms with Crippen molar-refractivity contribution in [1.29, 1.82) is 0 Å². The quantitative estimate of drug-likeness (QED) is 0.177. The highest BCUT2D eigenvalue weighted by Gasteiger charge is 2.25. The SMILES string of the molecule is C1=CCC(c2ccc(C3C=C(N(c4ccccc4-c4ccccc4)c4cccc5cc6oc7ccncc7c6cc45)C=CC3)c3ccccc23)C=C1. The van der Waals surface area contributed by atoms with Gasteiger partial charge in [-0.2, -0.15) is 0 Å². The number of aromatic nitrogens is 1. The van der Waals surface area contributed by atoms with Crippen molar-refractivity contribution >= 4 is 54.9 Å². The molecule has 248 valence electrons. The fourth-order valence-electron chi connectivity index (χ4n) is 8.34. The van der Waals surface area contributed by atoms with Gasteiger partial charge in [0.05, 0.1) is 11.4 Å². The minimum Gasteiger partial charge on any atom is -0.456 e. The van der Waals surface area contributed by atoms with E-state index in [0.717, 1.165) is 62.6 Å². The maximum Gasteiger partial charge on any atom is 0.138 e. The molecule has 10 rings (SSSR count). The number of allylic oxidation sites excluding steroid dienone is 7. The maximum absolute atomic E-state index is 6.30. The average molecular weight is 669 g/mol. The summed E-state index contributed by atoms with van der Waals surface area (Å²) in [5.41, 5.74) is 10.3. The van der Waals surface area contributed by atoms with E-state index in [-0.39, 0.29) is 5.92 Å². The molecule has 3 nitrogen and oxygen atoms in total. The lowest BCUT2D eigenvalue weighted by molar-refractivity contribution is 0.669. The van der Waals surface area contributed by atoms with Gasteiger partial charge in [-0.3, -0.25) is 4.98 Å². The lowest BCUT2D eigenvalue weighted by atomic mass is 9.83. The van der Waals surface area contributed by atoms with Gasteiger partial charge in [0.25, 0.3) is 0 Å². The van der Waals surface area contributed by atoms with Crippen LogP contribution in [0.15, 0.2) is 192 Å². The van der Waals surface area contributed by atoms with Gasteiger partial charge in [0.15, 0.2) is 0 Å². The van der Waals surface area contributed by atoms with E-state index in [4.69, 9.17) is 4.42 Å². The second-order valence-corrected chi connectivity index (χ2v) is 13.8.